The van der Waals surface area contributed by atoms with Crippen LogP contribution in [0.15, 0.2) is 53.6 Å². The Morgan fingerprint density at radius 3 is 2.11 bits per heavy atom. The molecule has 65 heavy (non-hydrogen) atoms. The zero-order valence-corrected chi connectivity index (χ0v) is 38.0. The normalized spacial score (nSPS) is 18.1. The summed E-state index contributed by atoms with van der Waals surface area (Å²) in [6.07, 6.45) is 5.15. The molecule has 3 atom stereocenters. The van der Waals surface area contributed by atoms with E-state index in [0.717, 1.165) is 17.6 Å². The number of carbonyl (C=O) groups excluding carboxylic acids is 5. The first kappa shape index (κ1) is 48.5. The van der Waals surface area contributed by atoms with E-state index in [0.29, 0.717) is 118 Å². The second-order valence-electron chi connectivity index (χ2n) is 16.8. The molecule has 4 aliphatic heterocycles. The Morgan fingerprint density at radius 2 is 1.43 bits per heavy atom. The Bertz CT molecular complexity index is 2140. The molecule has 0 aliphatic carbocycles. The van der Waals surface area contributed by atoms with E-state index in [1.165, 1.54) is 19.1 Å². The van der Waals surface area contributed by atoms with Crippen LogP contribution >= 0.6 is 0 Å². The summed E-state index contributed by atoms with van der Waals surface area (Å²) < 4.78 is 34.3. The van der Waals surface area contributed by atoms with Gasteiger partial charge in [-0.15, -0.1) is 0 Å². The number of hydrogen-bond donors (Lipinski definition) is 3. The molecule has 2 saturated heterocycles. The number of rotatable bonds is 23. The van der Waals surface area contributed by atoms with Crippen LogP contribution in [0.3, 0.4) is 0 Å². The molecule has 4 aliphatic rings. The predicted octanol–water partition coefficient (Wildman–Crippen LogP) is 3.57. The Kier molecular flexibility index (Phi) is 17.0. The van der Waals surface area contributed by atoms with E-state index in [2.05, 4.69) is 28.8 Å². The second-order valence-corrected chi connectivity index (χ2v) is 16.8. The summed E-state index contributed by atoms with van der Waals surface area (Å²) in [6.45, 7) is 14.8. The molecule has 18 heteroatoms. The van der Waals surface area contributed by atoms with Gasteiger partial charge in [0.2, 0.25) is 17.7 Å². The maximum Gasteiger partial charge on any atom is 0.257 e. The van der Waals surface area contributed by atoms with Gasteiger partial charge in [-0.1, -0.05) is 38.2 Å². The molecule has 1 unspecified atom stereocenters. The summed E-state index contributed by atoms with van der Waals surface area (Å²) in [4.78, 5) is 77.3. The summed E-state index contributed by atoms with van der Waals surface area (Å²) in [5, 5.41) is 5.48. The lowest BCUT2D eigenvalue weighted by Gasteiger charge is -2.27. The Morgan fingerprint density at radius 1 is 0.800 bits per heavy atom. The average Bonchev–Trinajstić information content (AvgIpc) is 3.80. The highest BCUT2D eigenvalue weighted by Crippen LogP contribution is 2.41. The lowest BCUT2D eigenvalue weighted by Crippen LogP contribution is -2.52. The molecule has 18 nitrogen and oxygen atoms in total. The monoisotopic (exact) mass is 901 g/mol. The molecule has 6 rings (SSSR count). The maximum atomic E-state index is 14.1. The van der Waals surface area contributed by atoms with Crippen LogP contribution in [0.5, 0.6) is 23.0 Å². The van der Waals surface area contributed by atoms with Crippen LogP contribution < -0.4 is 40.2 Å². The lowest BCUT2D eigenvalue weighted by atomic mass is 10.0. The molecule has 2 fully saturated rings. The Hall–Kier alpha value is -5.98. The van der Waals surface area contributed by atoms with Crippen LogP contribution in [0.1, 0.15) is 73.1 Å². The zero-order chi connectivity index (χ0) is 46.6. The molecular weight excluding hydrogens is 839 g/mol. The maximum absolute atomic E-state index is 14.1. The van der Waals surface area contributed by atoms with Crippen molar-refractivity contribution < 1.29 is 52.4 Å². The third-order valence-corrected chi connectivity index (χ3v) is 11.7. The number of fused-ring (bicyclic) bond motifs is 4. The number of nitrogens with one attached hydrogen (secondary N) is 2. The summed E-state index contributed by atoms with van der Waals surface area (Å²) in [6, 6.07) is 5.33. The van der Waals surface area contributed by atoms with Crippen molar-refractivity contribution in [3.8, 4) is 23.0 Å². The minimum atomic E-state index is -0.900. The van der Waals surface area contributed by atoms with Crippen LogP contribution in [0.25, 0.3) is 0 Å². The van der Waals surface area contributed by atoms with Crippen LogP contribution in [0.2, 0.25) is 0 Å². The number of hydrogen-bond acceptors (Lipinski definition) is 13. The fourth-order valence-electron chi connectivity index (χ4n) is 8.26. The van der Waals surface area contributed by atoms with E-state index in [9.17, 15) is 24.0 Å². The number of carbonyl (C=O) groups is 5. The van der Waals surface area contributed by atoms with Gasteiger partial charge in [-0.3, -0.25) is 29.0 Å². The van der Waals surface area contributed by atoms with Gasteiger partial charge in [0.25, 0.3) is 11.8 Å². The molecule has 0 saturated carbocycles. The highest BCUT2D eigenvalue weighted by atomic mass is 16.5. The van der Waals surface area contributed by atoms with Gasteiger partial charge in [-0.2, -0.15) is 0 Å². The van der Waals surface area contributed by atoms with E-state index in [1.807, 2.05) is 0 Å². The molecule has 0 aromatic heterocycles. The number of anilines is 1. The summed E-state index contributed by atoms with van der Waals surface area (Å²) >= 11 is 0. The predicted molar refractivity (Wildman–Crippen MR) is 244 cm³/mol. The van der Waals surface area contributed by atoms with E-state index in [1.54, 1.807) is 54.1 Å². The Balaban J connectivity index is 1.05. The van der Waals surface area contributed by atoms with Gasteiger partial charge in [0.1, 0.15) is 6.04 Å². The summed E-state index contributed by atoms with van der Waals surface area (Å²) in [7, 11) is 3.02. The molecule has 4 N–H and O–H groups in total. The molecule has 0 radical (unpaired) electrons. The first-order valence-corrected chi connectivity index (χ1v) is 22.3. The standard InChI is InChI=1S/C47H63N7O11/c1-29(2)44(51-42(55)10-14-62-16-17-63-15-11-48)45(57)50-25-43(56)54-28-33-19-31(4)27-53(33)47(59)35-21-39(61-6)41(23-37(35)54)65-13-9-7-8-12-64-40-22-36-34(20-38(40)60-5)46(58)52-26-30(3)18-32(52)24-49-36/h20-24,29,32-33,44H,3-4,7-19,25-28,48H2,1-2,5-6H3,(H,50,57)(H,51,55)/t32-,33-,44?/m0/s1. The van der Waals surface area contributed by atoms with E-state index >= 15 is 0 Å². The summed E-state index contributed by atoms with van der Waals surface area (Å²) in [5.41, 5.74) is 8.87. The van der Waals surface area contributed by atoms with E-state index in [4.69, 9.17) is 34.2 Å². The number of nitrogens with zero attached hydrogens (tertiary/aromatic N) is 4. The third kappa shape index (κ3) is 12.0. The topological polar surface area (TPSA) is 213 Å². The van der Waals surface area contributed by atoms with Gasteiger partial charge in [-0.05, 0) is 50.2 Å². The number of aliphatic imine (C=N–C) groups is 1. The van der Waals surface area contributed by atoms with Gasteiger partial charge in [0.05, 0.1) is 95.0 Å². The fourth-order valence-corrected chi connectivity index (χ4v) is 8.26. The number of methoxy groups -OCH3 is 2. The Labute approximate surface area is 380 Å². The van der Waals surface area contributed by atoms with E-state index < -0.39 is 17.9 Å². The highest BCUT2D eigenvalue weighted by molar-refractivity contribution is 6.08. The minimum Gasteiger partial charge on any atom is -0.493 e. The van der Waals surface area contributed by atoms with Gasteiger partial charge in [0.15, 0.2) is 23.0 Å². The SMILES string of the molecule is C=C1C[C@H]2CN(C(=O)CNC(=O)C(NC(=O)CCOCCOCCN)C(C)C)c3cc(OCCCCCOc4cc5c(cc4OC)C(=O)N4CC(=C)C[C@H]4C=N5)c(OC)cc3C(=O)N2C1. The molecule has 5 amide bonds. The number of unbranched alkanes of at least 4 members (excludes halogenated alkanes) is 2. The first-order chi connectivity index (χ1) is 31.3. The van der Waals surface area contributed by atoms with E-state index in [-0.39, 0.29) is 67.4 Å². The third-order valence-electron chi connectivity index (χ3n) is 11.7. The molecular formula is C47H63N7O11. The van der Waals surface area contributed by atoms with Gasteiger partial charge in [-0.25, -0.2) is 0 Å². The van der Waals surface area contributed by atoms with Crippen LogP contribution in [-0.2, 0) is 23.9 Å². The molecule has 2 aromatic rings. The van der Waals surface area contributed by atoms with Crippen LogP contribution in [-0.4, -0.2) is 150 Å². The number of amides is 5. The van der Waals surface area contributed by atoms with Crippen molar-refractivity contribution in [2.75, 3.05) is 91.5 Å². The van der Waals surface area contributed by atoms with Crippen molar-refractivity contribution in [3.63, 3.8) is 0 Å². The molecule has 0 bridgehead atoms. The number of benzene rings is 2. The molecule has 352 valence electrons. The van der Waals surface area contributed by atoms with Crippen molar-refractivity contribution in [1.29, 1.82) is 0 Å². The van der Waals surface area contributed by atoms with Crippen molar-refractivity contribution in [1.82, 2.24) is 20.4 Å². The largest absolute Gasteiger partial charge is 0.493 e. The summed E-state index contributed by atoms with van der Waals surface area (Å²) in [5.74, 6) is -0.351. The molecule has 4 heterocycles. The fraction of sp³-hybridized carbons (Fsp3) is 0.532. The lowest BCUT2D eigenvalue weighted by molar-refractivity contribution is -0.131. The van der Waals surface area contributed by atoms with Crippen LogP contribution in [0, 0.1) is 5.92 Å². The smallest absolute Gasteiger partial charge is 0.257 e. The van der Waals surface area contributed by atoms with Crippen LogP contribution in [0.4, 0.5) is 11.4 Å². The highest BCUT2D eigenvalue weighted by Gasteiger charge is 2.40. The number of ether oxygens (including phenoxy) is 6. The van der Waals surface area contributed by atoms with Gasteiger partial charge >= 0.3 is 0 Å². The minimum absolute atomic E-state index is 0.0417. The molecule has 0 spiro atoms. The molecule has 2 aromatic carbocycles. The second kappa shape index (κ2) is 22.8. The van der Waals surface area contributed by atoms with Crippen molar-refractivity contribution >= 4 is 47.1 Å². The average molecular weight is 902 g/mol. The number of nitrogens with two attached hydrogens (primary N) is 1. The van der Waals surface area contributed by atoms with Crippen molar-refractivity contribution in [3.05, 3.63) is 59.7 Å². The van der Waals surface area contributed by atoms with Crippen molar-refractivity contribution in [2.45, 2.75) is 70.5 Å². The first-order valence-electron chi connectivity index (χ1n) is 22.3. The zero-order valence-electron chi connectivity index (χ0n) is 38.0. The quantitative estimate of drug-likeness (QED) is 0.108. The van der Waals surface area contributed by atoms with Crippen molar-refractivity contribution in [2.24, 2.45) is 16.6 Å². The van der Waals surface area contributed by atoms with Gasteiger partial charge in [0, 0.05) is 50.9 Å². The van der Waals surface area contributed by atoms with Gasteiger partial charge < -0.3 is 59.5 Å².